The van der Waals surface area contributed by atoms with Crippen molar-refractivity contribution < 1.29 is 29.1 Å². The van der Waals surface area contributed by atoms with Crippen molar-refractivity contribution >= 4 is 29.6 Å². The van der Waals surface area contributed by atoms with Crippen LogP contribution >= 0.6 is 0 Å². The van der Waals surface area contributed by atoms with E-state index in [0.29, 0.717) is 38.8 Å². The summed E-state index contributed by atoms with van der Waals surface area (Å²) < 4.78 is 0. The highest BCUT2D eigenvalue weighted by Gasteiger charge is 2.31. The maximum atomic E-state index is 13.0. The van der Waals surface area contributed by atoms with Crippen LogP contribution in [-0.2, 0) is 24.0 Å². The first-order valence-electron chi connectivity index (χ1n) is 12.0. The number of nitrogens with one attached hydrogen (secondary N) is 3. The molecule has 0 aromatic heterocycles. The van der Waals surface area contributed by atoms with Gasteiger partial charge in [0, 0.05) is 6.42 Å². The molecule has 4 atom stereocenters. The van der Waals surface area contributed by atoms with E-state index in [9.17, 15) is 29.1 Å². The Labute approximate surface area is 206 Å². The second kappa shape index (κ2) is 17.6. The van der Waals surface area contributed by atoms with Crippen molar-refractivity contribution in [2.45, 2.75) is 89.4 Å². The fourth-order valence-corrected chi connectivity index (χ4v) is 3.27. The molecule has 4 unspecified atom stereocenters. The average Bonchev–Trinajstić information content (AvgIpc) is 2.78. The molecule has 0 saturated heterocycles. The average molecular weight is 502 g/mol. The third kappa shape index (κ3) is 13.6. The van der Waals surface area contributed by atoms with E-state index in [1.54, 1.807) is 13.8 Å². The molecule has 0 aromatic rings. The predicted molar refractivity (Wildman–Crippen MR) is 130 cm³/mol. The van der Waals surface area contributed by atoms with Crippen molar-refractivity contribution in [1.82, 2.24) is 16.0 Å². The van der Waals surface area contributed by atoms with Gasteiger partial charge in [-0.2, -0.15) is 0 Å². The van der Waals surface area contributed by atoms with E-state index in [1.807, 2.05) is 0 Å². The topological polar surface area (TPSA) is 246 Å². The highest BCUT2D eigenvalue weighted by Crippen LogP contribution is 2.08. The van der Waals surface area contributed by atoms with Gasteiger partial charge in [-0.3, -0.25) is 19.2 Å². The number of hydrogen-bond acceptors (Lipinski definition) is 8. The van der Waals surface area contributed by atoms with Crippen molar-refractivity contribution in [2.24, 2.45) is 28.9 Å². The second-order valence-corrected chi connectivity index (χ2v) is 8.87. The summed E-state index contributed by atoms with van der Waals surface area (Å²) in [6.45, 7) is 4.22. The van der Waals surface area contributed by atoms with Crippen LogP contribution in [0.2, 0.25) is 0 Å². The number of carbonyl (C=O) groups excluding carboxylic acids is 4. The molecule has 0 aromatic carbocycles. The fraction of sp³-hybridized carbons (Fsp3) is 0.773. The van der Waals surface area contributed by atoms with Gasteiger partial charge in [-0.25, -0.2) is 4.79 Å². The Hall–Kier alpha value is -2.77. The van der Waals surface area contributed by atoms with Crippen LogP contribution in [0.1, 0.15) is 65.2 Å². The SMILES string of the molecule is CC(C)C(NC(=O)C(N)CCC(N)=O)C(=O)NC(CCCCN)C(=O)NC(CCCCN)C(=O)O. The van der Waals surface area contributed by atoms with Crippen molar-refractivity contribution in [3.8, 4) is 0 Å². The van der Waals surface area contributed by atoms with E-state index in [2.05, 4.69) is 16.0 Å². The van der Waals surface area contributed by atoms with Crippen molar-refractivity contribution in [2.75, 3.05) is 13.1 Å². The summed E-state index contributed by atoms with van der Waals surface area (Å²) in [6.07, 6.45) is 2.67. The Balaban J connectivity index is 5.38. The number of rotatable bonds is 19. The van der Waals surface area contributed by atoms with Gasteiger partial charge in [0.1, 0.15) is 18.1 Å². The van der Waals surface area contributed by atoms with Gasteiger partial charge < -0.3 is 44.0 Å². The lowest BCUT2D eigenvalue weighted by molar-refractivity contribution is -0.142. The third-order valence-corrected chi connectivity index (χ3v) is 5.43. The Morgan fingerprint density at radius 2 is 1.26 bits per heavy atom. The number of nitrogens with two attached hydrogens (primary N) is 4. The van der Waals surface area contributed by atoms with Gasteiger partial charge in [-0.1, -0.05) is 13.8 Å². The van der Waals surface area contributed by atoms with Crippen molar-refractivity contribution in [1.29, 1.82) is 0 Å². The lowest BCUT2D eigenvalue weighted by Gasteiger charge is -2.27. The zero-order valence-electron chi connectivity index (χ0n) is 20.8. The van der Waals surface area contributed by atoms with E-state index in [4.69, 9.17) is 22.9 Å². The molecule has 0 saturated carbocycles. The number of aliphatic carboxylic acids is 1. The predicted octanol–water partition coefficient (Wildman–Crippen LogP) is -1.97. The Bertz CT molecular complexity index is 704. The van der Waals surface area contributed by atoms with E-state index in [-0.39, 0.29) is 31.6 Å². The molecular formula is C22H43N7O6. The largest absolute Gasteiger partial charge is 0.480 e. The van der Waals surface area contributed by atoms with Gasteiger partial charge in [0.05, 0.1) is 6.04 Å². The number of primary amides is 1. The molecule has 13 nitrogen and oxygen atoms in total. The van der Waals surface area contributed by atoms with Gasteiger partial charge in [-0.15, -0.1) is 0 Å². The van der Waals surface area contributed by atoms with E-state index in [1.165, 1.54) is 0 Å². The molecule has 0 bridgehead atoms. The first-order valence-corrected chi connectivity index (χ1v) is 12.0. The zero-order valence-corrected chi connectivity index (χ0v) is 20.8. The second-order valence-electron chi connectivity index (χ2n) is 8.87. The van der Waals surface area contributed by atoms with Gasteiger partial charge in [-0.05, 0) is 64.0 Å². The van der Waals surface area contributed by atoms with Crippen LogP contribution in [0.3, 0.4) is 0 Å². The summed E-state index contributed by atoms with van der Waals surface area (Å²) in [5.41, 5.74) is 21.8. The number of carboxylic acids is 1. The van der Waals surface area contributed by atoms with Crippen LogP contribution in [0, 0.1) is 5.92 Å². The molecule has 0 radical (unpaired) electrons. The normalized spacial score (nSPS) is 14.5. The summed E-state index contributed by atoms with van der Waals surface area (Å²) in [6, 6.07) is -4.18. The standard InChI is InChI=1S/C22H43N7O6/c1-13(2)18(29-19(31)14(25)9-10-17(26)30)21(33)27-15(7-3-5-11-23)20(32)28-16(22(34)35)8-4-6-12-24/h13-16,18H,3-12,23-25H2,1-2H3,(H2,26,30)(H,27,33)(H,28,32)(H,29,31)(H,34,35). The number of carbonyl (C=O) groups is 5. The van der Waals surface area contributed by atoms with Crippen LogP contribution in [0.15, 0.2) is 0 Å². The monoisotopic (exact) mass is 501 g/mol. The van der Waals surface area contributed by atoms with E-state index >= 15 is 0 Å². The smallest absolute Gasteiger partial charge is 0.326 e. The molecule has 4 amide bonds. The van der Waals surface area contributed by atoms with Crippen LogP contribution in [0.5, 0.6) is 0 Å². The highest BCUT2D eigenvalue weighted by atomic mass is 16.4. The molecule has 0 aliphatic rings. The van der Waals surface area contributed by atoms with Crippen LogP contribution in [0.4, 0.5) is 0 Å². The van der Waals surface area contributed by atoms with E-state index < -0.39 is 53.8 Å². The minimum absolute atomic E-state index is 0.0262. The summed E-state index contributed by atoms with van der Waals surface area (Å²) in [5, 5.41) is 17.1. The molecule has 35 heavy (non-hydrogen) atoms. The summed E-state index contributed by atoms with van der Waals surface area (Å²) in [7, 11) is 0. The van der Waals surface area contributed by atoms with Gasteiger partial charge in [0.15, 0.2) is 0 Å². The molecule has 0 aliphatic carbocycles. The molecule has 0 fully saturated rings. The summed E-state index contributed by atoms with van der Waals surface area (Å²) >= 11 is 0. The summed E-state index contributed by atoms with van der Waals surface area (Å²) in [5.74, 6) is -4.01. The maximum absolute atomic E-state index is 13.0. The lowest BCUT2D eigenvalue weighted by Crippen LogP contribution is -2.58. The fourth-order valence-electron chi connectivity index (χ4n) is 3.27. The first kappa shape index (κ1) is 32.2. The Morgan fingerprint density at radius 1 is 0.743 bits per heavy atom. The number of carboxylic acid groups (broad SMARTS) is 1. The molecule has 0 rings (SSSR count). The molecule has 0 spiro atoms. The van der Waals surface area contributed by atoms with Crippen molar-refractivity contribution in [3.63, 3.8) is 0 Å². The molecule has 0 aliphatic heterocycles. The van der Waals surface area contributed by atoms with E-state index in [0.717, 1.165) is 0 Å². The lowest BCUT2D eigenvalue weighted by atomic mass is 10.0. The van der Waals surface area contributed by atoms with Crippen LogP contribution < -0.4 is 38.9 Å². The Morgan fingerprint density at radius 3 is 1.71 bits per heavy atom. The first-order chi connectivity index (χ1) is 16.4. The van der Waals surface area contributed by atoms with Gasteiger partial charge in [0.2, 0.25) is 23.6 Å². The number of amides is 4. The zero-order chi connectivity index (χ0) is 27.0. The van der Waals surface area contributed by atoms with Crippen LogP contribution in [0.25, 0.3) is 0 Å². The molecule has 202 valence electrons. The summed E-state index contributed by atoms with van der Waals surface area (Å²) in [4.78, 5) is 60.8. The molecular weight excluding hydrogens is 458 g/mol. The van der Waals surface area contributed by atoms with Gasteiger partial charge in [0.25, 0.3) is 0 Å². The minimum Gasteiger partial charge on any atom is -0.480 e. The quantitative estimate of drug-likeness (QED) is 0.0913. The minimum atomic E-state index is -1.18. The number of hydrogen-bond donors (Lipinski definition) is 8. The molecule has 12 N–H and O–H groups in total. The molecule has 13 heteroatoms. The third-order valence-electron chi connectivity index (χ3n) is 5.43. The van der Waals surface area contributed by atoms with Crippen LogP contribution in [-0.4, -0.2) is 72.0 Å². The number of unbranched alkanes of at least 4 members (excludes halogenated alkanes) is 2. The highest BCUT2D eigenvalue weighted by molar-refractivity contribution is 5.94. The van der Waals surface area contributed by atoms with Gasteiger partial charge >= 0.3 is 5.97 Å². The van der Waals surface area contributed by atoms with Crippen molar-refractivity contribution in [3.05, 3.63) is 0 Å². The maximum Gasteiger partial charge on any atom is 0.326 e. The molecule has 0 heterocycles. The Kier molecular flexibility index (Phi) is 16.2.